The van der Waals surface area contributed by atoms with Gasteiger partial charge in [0.2, 0.25) is 0 Å². The predicted octanol–water partition coefficient (Wildman–Crippen LogP) is 3.50. The number of rotatable bonds is 8. The molecule has 0 aromatic heterocycles. The molecular formula is C15H22N3O4P. The van der Waals surface area contributed by atoms with Crippen LogP contribution in [0, 0.1) is 17.0 Å². The highest BCUT2D eigenvalue weighted by atomic mass is 31.2. The molecule has 0 aliphatic carbocycles. The predicted molar refractivity (Wildman–Crippen MR) is 87.3 cm³/mol. The van der Waals surface area contributed by atoms with E-state index in [1.165, 1.54) is 6.07 Å². The summed E-state index contributed by atoms with van der Waals surface area (Å²) < 4.78 is 23.0. The second kappa shape index (κ2) is 6.32. The van der Waals surface area contributed by atoms with E-state index in [0.29, 0.717) is 12.0 Å². The molecule has 7 nitrogen and oxygen atoms in total. The maximum absolute atomic E-state index is 13.2. The Morgan fingerprint density at radius 3 is 2.39 bits per heavy atom. The van der Waals surface area contributed by atoms with Gasteiger partial charge in [0.1, 0.15) is 0 Å². The Morgan fingerprint density at radius 2 is 1.91 bits per heavy atom. The largest absolute Gasteiger partial charge is 0.346 e. The summed E-state index contributed by atoms with van der Waals surface area (Å²) in [5, 5.41) is 11.4. The van der Waals surface area contributed by atoms with Gasteiger partial charge in [-0.25, -0.2) is 9.34 Å². The van der Waals surface area contributed by atoms with E-state index in [1.54, 1.807) is 6.07 Å². The number of nitro benzene ring substituents is 1. The molecule has 0 spiro atoms. The van der Waals surface area contributed by atoms with Crippen LogP contribution in [-0.4, -0.2) is 40.4 Å². The zero-order valence-corrected chi connectivity index (χ0v) is 14.4. The molecule has 0 N–H and O–H groups in total. The Bertz CT molecular complexity index is 642. The minimum Gasteiger partial charge on any atom is -0.297 e. The molecule has 8 heteroatoms. The van der Waals surface area contributed by atoms with Gasteiger partial charge in [-0.2, -0.15) is 0 Å². The molecule has 1 atom stereocenters. The first-order chi connectivity index (χ1) is 11.0. The number of hydrogen-bond acceptors (Lipinski definition) is 4. The van der Waals surface area contributed by atoms with Gasteiger partial charge in [-0.15, -0.1) is 0 Å². The van der Waals surface area contributed by atoms with Crippen molar-refractivity contribution in [2.75, 3.05) is 26.2 Å². The average molecular weight is 339 g/mol. The Labute approximate surface area is 135 Å². The van der Waals surface area contributed by atoms with Gasteiger partial charge < -0.3 is 0 Å². The Balaban J connectivity index is 1.96. The highest BCUT2D eigenvalue weighted by Gasteiger charge is 2.51. The molecule has 1 aromatic rings. The zero-order chi connectivity index (χ0) is 16.6. The van der Waals surface area contributed by atoms with E-state index in [9.17, 15) is 14.7 Å². The summed E-state index contributed by atoms with van der Waals surface area (Å²) in [7, 11) is -3.02. The molecule has 3 rings (SSSR count). The van der Waals surface area contributed by atoms with E-state index in [1.807, 2.05) is 29.3 Å². The summed E-state index contributed by atoms with van der Waals surface area (Å²) in [6.45, 7) is 6.91. The molecule has 1 aromatic carbocycles. The van der Waals surface area contributed by atoms with Gasteiger partial charge in [-0.05, 0) is 18.9 Å². The SMILES string of the molecule is CCCC(OP(=O)(N1CC1)N1CC1)c1c(C)cccc1[N+](=O)[O-]. The van der Waals surface area contributed by atoms with E-state index in [4.69, 9.17) is 4.52 Å². The lowest BCUT2D eigenvalue weighted by molar-refractivity contribution is -0.386. The smallest absolute Gasteiger partial charge is 0.297 e. The van der Waals surface area contributed by atoms with Crippen LogP contribution in [0.3, 0.4) is 0 Å². The summed E-state index contributed by atoms with van der Waals surface area (Å²) in [6.07, 6.45) is 0.890. The van der Waals surface area contributed by atoms with Crippen molar-refractivity contribution in [3.05, 3.63) is 39.4 Å². The van der Waals surface area contributed by atoms with Crippen molar-refractivity contribution < 1.29 is 14.0 Å². The number of nitro groups is 1. The summed E-state index contributed by atoms with van der Waals surface area (Å²) in [5.74, 6) is 0. The fraction of sp³-hybridized carbons (Fsp3) is 0.600. The van der Waals surface area contributed by atoms with E-state index in [-0.39, 0.29) is 10.6 Å². The molecule has 23 heavy (non-hydrogen) atoms. The normalized spacial score (nSPS) is 19.6. The fourth-order valence-electron chi connectivity index (χ4n) is 2.83. The maximum Gasteiger partial charge on any atom is 0.346 e. The first kappa shape index (κ1) is 16.6. The Hall–Kier alpha value is -1.27. The van der Waals surface area contributed by atoms with Gasteiger partial charge >= 0.3 is 7.67 Å². The van der Waals surface area contributed by atoms with Crippen molar-refractivity contribution in [1.29, 1.82) is 0 Å². The molecule has 126 valence electrons. The summed E-state index contributed by atoms with van der Waals surface area (Å²) in [4.78, 5) is 11.0. The van der Waals surface area contributed by atoms with Gasteiger partial charge in [0.25, 0.3) is 5.69 Å². The van der Waals surface area contributed by atoms with Crippen LogP contribution in [0.5, 0.6) is 0 Å². The third kappa shape index (κ3) is 3.33. The lowest BCUT2D eigenvalue weighted by atomic mass is 9.98. The molecule has 0 bridgehead atoms. The van der Waals surface area contributed by atoms with E-state index < -0.39 is 13.8 Å². The molecule has 2 aliphatic heterocycles. The van der Waals surface area contributed by atoms with Gasteiger partial charge in [0, 0.05) is 32.2 Å². The number of benzene rings is 1. The molecule has 0 amide bonds. The van der Waals surface area contributed by atoms with E-state index in [2.05, 4.69) is 0 Å². The van der Waals surface area contributed by atoms with E-state index >= 15 is 0 Å². The lowest BCUT2D eigenvalue weighted by Crippen LogP contribution is -2.14. The van der Waals surface area contributed by atoms with Gasteiger partial charge in [-0.1, -0.05) is 25.5 Å². The van der Waals surface area contributed by atoms with Crippen molar-refractivity contribution in [3.63, 3.8) is 0 Å². The number of nitrogens with zero attached hydrogens (tertiary/aromatic N) is 3. The standard InChI is InChI=1S/C15H22N3O4P/c1-3-5-14(15-12(2)6-4-7-13(15)18(19)20)22-23(21,16-8-9-16)17-10-11-17/h4,6-7,14H,3,5,8-11H2,1-2H3. The van der Waals surface area contributed by atoms with Crippen molar-refractivity contribution in [3.8, 4) is 0 Å². The fourth-order valence-corrected chi connectivity index (χ4v) is 5.18. The van der Waals surface area contributed by atoms with Crippen LogP contribution in [0.2, 0.25) is 0 Å². The van der Waals surface area contributed by atoms with Crippen LogP contribution < -0.4 is 0 Å². The van der Waals surface area contributed by atoms with Crippen molar-refractivity contribution >= 4 is 13.4 Å². The highest BCUT2D eigenvalue weighted by molar-refractivity contribution is 7.54. The van der Waals surface area contributed by atoms with Crippen molar-refractivity contribution in [2.45, 2.75) is 32.8 Å². The minimum absolute atomic E-state index is 0.0478. The maximum atomic E-state index is 13.2. The summed E-state index contributed by atoms with van der Waals surface area (Å²) in [5.41, 5.74) is 1.41. The molecule has 2 heterocycles. The molecule has 0 saturated carbocycles. The molecule has 2 saturated heterocycles. The molecule has 2 aliphatic rings. The van der Waals surface area contributed by atoms with Crippen LogP contribution in [0.4, 0.5) is 5.69 Å². The van der Waals surface area contributed by atoms with Crippen molar-refractivity contribution in [2.24, 2.45) is 0 Å². The lowest BCUT2D eigenvalue weighted by Gasteiger charge is -2.27. The third-order valence-electron chi connectivity index (χ3n) is 4.20. The quantitative estimate of drug-likeness (QED) is 0.312. The van der Waals surface area contributed by atoms with Crippen LogP contribution in [0.15, 0.2) is 18.2 Å². The van der Waals surface area contributed by atoms with Gasteiger partial charge in [-0.3, -0.25) is 19.2 Å². The Kier molecular flexibility index (Phi) is 4.56. The van der Waals surface area contributed by atoms with Crippen LogP contribution >= 0.6 is 7.67 Å². The average Bonchev–Trinajstić information content (AvgIpc) is 3.39. The summed E-state index contributed by atoms with van der Waals surface area (Å²) >= 11 is 0. The van der Waals surface area contributed by atoms with E-state index in [0.717, 1.165) is 38.2 Å². The van der Waals surface area contributed by atoms with Gasteiger partial charge in [0.05, 0.1) is 16.6 Å². The topological polar surface area (TPSA) is 75.5 Å². The zero-order valence-electron chi connectivity index (χ0n) is 13.5. The first-order valence-corrected chi connectivity index (χ1v) is 9.53. The second-order valence-electron chi connectivity index (χ2n) is 6.05. The van der Waals surface area contributed by atoms with Crippen LogP contribution in [0.25, 0.3) is 0 Å². The first-order valence-electron chi connectivity index (χ1n) is 8.00. The van der Waals surface area contributed by atoms with Crippen molar-refractivity contribution in [1.82, 2.24) is 9.34 Å². The third-order valence-corrected chi connectivity index (χ3v) is 6.96. The monoisotopic (exact) mass is 339 g/mol. The second-order valence-corrected chi connectivity index (χ2v) is 8.37. The summed E-state index contributed by atoms with van der Waals surface area (Å²) in [6, 6.07) is 5.01. The molecular weight excluding hydrogens is 317 g/mol. The highest BCUT2D eigenvalue weighted by Crippen LogP contribution is 2.64. The number of hydrogen-bond donors (Lipinski definition) is 0. The van der Waals surface area contributed by atoms with Gasteiger partial charge in [0.15, 0.2) is 0 Å². The minimum atomic E-state index is -3.02. The molecule has 1 unspecified atom stereocenters. The van der Waals surface area contributed by atoms with Crippen LogP contribution in [0.1, 0.15) is 37.0 Å². The molecule has 2 fully saturated rings. The Morgan fingerprint density at radius 1 is 1.30 bits per heavy atom. The molecule has 0 radical (unpaired) electrons. The van der Waals surface area contributed by atoms with Crippen LogP contribution in [-0.2, 0) is 9.09 Å². The number of aryl methyl sites for hydroxylation is 1.